The number of imidazole rings is 1. The third-order valence-corrected chi connectivity index (χ3v) is 6.52. The number of hydrogen-bond acceptors (Lipinski definition) is 7. The second-order valence-corrected chi connectivity index (χ2v) is 10.1. The third kappa shape index (κ3) is 8.25. The highest BCUT2D eigenvalue weighted by Gasteiger charge is 2.12. The van der Waals surface area contributed by atoms with Gasteiger partial charge < -0.3 is 15.0 Å². The van der Waals surface area contributed by atoms with Gasteiger partial charge in [0.2, 0.25) is 11.9 Å². The number of rotatable bonds is 14. The Morgan fingerprint density at radius 1 is 1.11 bits per heavy atom. The van der Waals surface area contributed by atoms with Crippen LogP contribution in [-0.2, 0) is 15.8 Å². The van der Waals surface area contributed by atoms with Crippen LogP contribution in [0.25, 0.3) is 11.2 Å². The lowest BCUT2D eigenvalue weighted by atomic mass is 10.0. The van der Waals surface area contributed by atoms with Gasteiger partial charge in [-0.25, -0.2) is 20.1 Å². The number of hydroxylamine groups is 1. The van der Waals surface area contributed by atoms with Crippen molar-refractivity contribution in [2.75, 3.05) is 11.9 Å². The molecule has 0 radical (unpaired) electrons. The van der Waals surface area contributed by atoms with E-state index in [1.807, 2.05) is 24.3 Å². The highest BCUT2D eigenvalue weighted by atomic mass is 127. The number of unbranched alkanes of at least 4 members (excludes halogenated alkanes) is 3. The van der Waals surface area contributed by atoms with Gasteiger partial charge in [-0.05, 0) is 77.6 Å². The minimum absolute atomic E-state index is 0.0613. The van der Waals surface area contributed by atoms with E-state index in [-0.39, 0.29) is 12.4 Å². The SMILES string of the molecule is O=C(CCCCCCOc1ccc(Nc2nc(CC3=CCCC=C3)c3[nH]cnc3n2)cc1)NOPI. The molecule has 2 aromatic heterocycles. The van der Waals surface area contributed by atoms with E-state index in [1.165, 1.54) is 5.57 Å². The molecule has 190 valence electrons. The second-order valence-electron chi connectivity index (χ2n) is 8.40. The molecule has 1 aliphatic carbocycles. The molecule has 1 aromatic carbocycles. The van der Waals surface area contributed by atoms with E-state index in [0.717, 1.165) is 67.6 Å². The number of ether oxygens (including phenoxy) is 1. The molecular formula is C25H30IN6O3P. The summed E-state index contributed by atoms with van der Waals surface area (Å²) in [6, 6.07) is 7.78. The van der Waals surface area contributed by atoms with Gasteiger partial charge >= 0.3 is 0 Å². The molecule has 0 saturated carbocycles. The summed E-state index contributed by atoms with van der Waals surface area (Å²) in [7, 11) is 0. The summed E-state index contributed by atoms with van der Waals surface area (Å²) in [5.41, 5.74) is 7.01. The Kier molecular flexibility index (Phi) is 10.5. The monoisotopic (exact) mass is 620 g/mol. The third-order valence-electron chi connectivity index (χ3n) is 5.68. The molecular weight excluding hydrogens is 590 g/mol. The number of carbonyl (C=O) groups is 1. The topological polar surface area (TPSA) is 114 Å². The summed E-state index contributed by atoms with van der Waals surface area (Å²) in [6.07, 6.45) is 15.5. The van der Waals surface area contributed by atoms with Gasteiger partial charge in [-0.15, -0.1) is 0 Å². The summed E-state index contributed by atoms with van der Waals surface area (Å²) in [5, 5.41) is 3.29. The Morgan fingerprint density at radius 3 is 2.78 bits per heavy atom. The van der Waals surface area contributed by atoms with E-state index in [9.17, 15) is 4.79 Å². The molecule has 3 aromatic rings. The zero-order valence-electron chi connectivity index (χ0n) is 19.9. The maximum Gasteiger partial charge on any atom is 0.243 e. The van der Waals surface area contributed by atoms with Crippen molar-refractivity contribution < 1.29 is 14.2 Å². The molecule has 0 saturated heterocycles. The molecule has 1 unspecified atom stereocenters. The first-order chi connectivity index (χ1) is 17.7. The van der Waals surface area contributed by atoms with Gasteiger partial charge in [0.05, 0.1) is 18.6 Å². The van der Waals surface area contributed by atoms with Crippen molar-refractivity contribution >= 4 is 57.2 Å². The number of benzene rings is 1. The number of aromatic amines is 1. The number of aromatic nitrogens is 4. The van der Waals surface area contributed by atoms with Gasteiger partial charge in [-0.3, -0.25) is 4.79 Å². The molecule has 1 amide bonds. The summed E-state index contributed by atoms with van der Waals surface area (Å²) in [5.74, 6) is 1.28. The predicted octanol–water partition coefficient (Wildman–Crippen LogP) is 6.24. The molecule has 0 fully saturated rings. The number of H-pyrrole nitrogens is 1. The van der Waals surface area contributed by atoms with Crippen LogP contribution in [0.1, 0.15) is 50.6 Å². The molecule has 0 bridgehead atoms. The van der Waals surface area contributed by atoms with Crippen LogP contribution in [0, 0.1) is 0 Å². The smallest absolute Gasteiger partial charge is 0.243 e. The number of fused-ring (bicyclic) bond motifs is 1. The first-order valence-corrected chi connectivity index (χ1v) is 16.1. The van der Waals surface area contributed by atoms with E-state index in [4.69, 9.17) is 14.3 Å². The average Bonchev–Trinajstić information content (AvgIpc) is 3.37. The minimum atomic E-state index is -0.0613. The second kappa shape index (κ2) is 14.2. The van der Waals surface area contributed by atoms with Crippen molar-refractivity contribution in [1.29, 1.82) is 0 Å². The lowest BCUT2D eigenvalue weighted by molar-refractivity contribution is -0.127. The number of carbonyl (C=O) groups excluding carboxylic acids is 1. The van der Waals surface area contributed by atoms with E-state index in [2.05, 4.69) is 66.0 Å². The van der Waals surface area contributed by atoms with Crippen LogP contribution in [0.3, 0.4) is 0 Å². The van der Waals surface area contributed by atoms with Crippen molar-refractivity contribution in [3.05, 3.63) is 60.1 Å². The van der Waals surface area contributed by atoms with Crippen LogP contribution in [0.4, 0.5) is 11.6 Å². The summed E-state index contributed by atoms with van der Waals surface area (Å²) in [4.78, 5) is 28.3. The van der Waals surface area contributed by atoms with Gasteiger partial charge in [0.25, 0.3) is 0 Å². The normalized spacial score (nSPS) is 13.3. The highest BCUT2D eigenvalue weighted by molar-refractivity contribution is 14.2. The van der Waals surface area contributed by atoms with Crippen molar-refractivity contribution in [2.24, 2.45) is 0 Å². The van der Waals surface area contributed by atoms with E-state index in [0.29, 0.717) is 24.6 Å². The molecule has 0 aliphatic heterocycles. The maximum atomic E-state index is 11.5. The lowest BCUT2D eigenvalue weighted by Gasteiger charge is -2.11. The van der Waals surface area contributed by atoms with Crippen LogP contribution in [-0.4, -0.2) is 32.4 Å². The number of halogens is 1. The average molecular weight is 620 g/mol. The molecule has 1 atom stereocenters. The van der Waals surface area contributed by atoms with E-state index >= 15 is 0 Å². The first kappa shape index (κ1) is 26.5. The molecule has 1 aliphatic rings. The minimum Gasteiger partial charge on any atom is -0.494 e. The van der Waals surface area contributed by atoms with E-state index < -0.39 is 0 Å². The number of hydrogen-bond donors (Lipinski definition) is 3. The highest BCUT2D eigenvalue weighted by Crippen LogP contribution is 2.23. The number of nitrogens with zero attached hydrogens (tertiary/aromatic N) is 3. The van der Waals surface area contributed by atoms with Gasteiger partial charge in [-0.2, -0.15) is 4.98 Å². The van der Waals surface area contributed by atoms with Gasteiger partial charge in [0.15, 0.2) is 5.65 Å². The van der Waals surface area contributed by atoms with Crippen molar-refractivity contribution in [1.82, 2.24) is 25.4 Å². The van der Waals surface area contributed by atoms with Gasteiger partial charge in [0, 0.05) is 18.5 Å². The number of nitrogens with one attached hydrogen (secondary N) is 3. The fraction of sp³-hybridized carbons (Fsp3) is 0.360. The number of allylic oxidation sites excluding steroid dienone is 4. The Hall–Kier alpha value is -2.56. The Morgan fingerprint density at radius 2 is 1.97 bits per heavy atom. The summed E-state index contributed by atoms with van der Waals surface area (Å²) >= 11 is 2.07. The fourth-order valence-electron chi connectivity index (χ4n) is 3.89. The van der Waals surface area contributed by atoms with Crippen molar-refractivity contribution in [3.63, 3.8) is 0 Å². The molecule has 9 nitrogen and oxygen atoms in total. The lowest BCUT2D eigenvalue weighted by Crippen LogP contribution is -2.19. The summed E-state index contributed by atoms with van der Waals surface area (Å²) in [6.45, 7) is 0.878. The Balaban J connectivity index is 1.23. The largest absolute Gasteiger partial charge is 0.494 e. The zero-order valence-corrected chi connectivity index (χ0v) is 23.1. The van der Waals surface area contributed by atoms with Crippen LogP contribution in [0.15, 0.2) is 54.4 Å². The fourth-order valence-corrected chi connectivity index (χ4v) is 4.37. The van der Waals surface area contributed by atoms with Gasteiger partial charge in [-0.1, -0.05) is 31.1 Å². The van der Waals surface area contributed by atoms with Crippen molar-refractivity contribution in [2.45, 2.75) is 51.4 Å². The standard InChI is InChI=1S/C25H30IN6O3P/c26-36-35-32-22(33)10-6-1-2-7-15-34-20-13-11-19(12-14-20)29-25-30-21(16-18-8-4-3-5-9-18)23-24(31-25)28-17-27-23/h4,8-9,11-14,17,36H,1-3,5-7,10,15-16H2,(H,32,33)(H2,27,28,29,30,31). The van der Waals surface area contributed by atoms with Crippen molar-refractivity contribution in [3.8, 4) is 5.75 Å². The van der Waals surface area contributed by atoms with Crippen LogP contribution in [0.2, 0.25) is 0 Å². The Bertz CT molecular complexity index is 1200. The van der Waals surface area contributed by atoms with Crippen LogP contribution < -0.4 is 15.5 Å². The molecule has 11 heteroatoms. The maximum absolute atomic E-state index is 11.5. The molecule has 3 N–H and O–H groups in total. The molecule has 4 rings (SSSR count). The van der Waals surface area contributed by atoms with Gasteiger partial charge in [0.1, 0.15) is 17.7 Å². The number of anilines is 2. The predicted molar refractivity (Wildman–Crippen MR) is 152 cm³/mol. The van der Waals surface area contributed by atoms with Crippen LogP contribution >= 0.6 is 28.5 Å². The van der Waals surface area contributed by atoms with E-state index in [1.54, 1.807) is 6.33 Å². The van der Waals surface area contributed by atoms with Crippen LogP contribution in [0.5, 0.6) is 5.75 Å². The summed E-state index contributed by atoms with van der Waals surface area (Å²) < 4.78 is 10.8. The zero-order chi connectivity index (χ0) is 25.0. The molecule has 0 spiro atoms. The Labute approximate surface area is 225 Å². The number of amides is 1. The quantitative estimate of drug-likeness (QED) is 0.0847. The molecule has 2 heterocycles. The first-order valence-electron chi connectivity index (χ1n) is 12.1. The molecule has 36 heavy (non-hydrogen) atoms.